The average molecular weight is 278 g/mol. The Morgan fingerprint density at radius 3 is 2.83 bits per heavy atom. The fraction of sp³-hybridized carbons (Fsp3) is 0.357. The third-order valence-electron chi connectivity index (χ3n) is 4.08. The van der Waals surface area contributed by atoms with Crippen LogP contribution in [0.3, 0.4) is 0 Å². The highest BCUT2D eigenvalue weighted by Crippen LogP contribution is 2.52. The van der Waals surface area contributed by atoms with Crippen molar-refractivity contribution in [1.82, 2.24) is 9.78 Å². The van der Waals surface area contributed by atoms with Crippen LogP contribution in [0.5, 0.6) is 0 Å². The van der Waals surface area contributed by atoms with Crippen molar-refractivity contribution in [3.8, 4) is 5.69 Å². The van der Waals surface area contributed by atoms with Crippen molar-refractivity contribution in [2.45, 2.75) is 31.1 Å². The summed E-state index contributed by atoms with van der Waals surface area (Å²) in [6, 6.07) is 5.47. The quantitative estimate of drug-likeness (QED) is 0.758. The second-order valence-corrected chi connectivity index (χ2v) is 5.97. The van der Waals surface area contributed by atoms with Crippen molar-refractivity contribution in [3.05, 3.63) is 45.7 Å². The molecule has 18 heavy (non-hydrogen) atoms. The molecule has 4 rings (SSSR count). The Morgan fingerprint density at radius 2 is 2.06 bits per heavy atom. The van der Waals surface area contributed by atoms with E-state index in [2.05, 4.69) is 11.3 Å². The molecule has 4 heteroatoms. The zero-order valence-electron chi connectivity index (χ0n) is 9.66. The minimum Gasteiger partial charge on any atom is -0.229 e. The molecule has 0 aliphatic heterocycles. The zero-order valence-corrected chi connectivity index (χ0v) is 11.2. The van der Waals surface area contributed by atoms with Crippen LogP contribution in [0.1, 0.15) is 42.4 Å². The molecule has 2 unspecified atom stereocenters. The summed E-state index contributed by atoms with van der Waals surface area (Å²) in [5, 5.41) is 5.93. The molecule has 0 amide bonds. The maximum Gasteiger partial charge on any atom is 0.0968 e. The van der Waals surface area contributed by atoms with Gasteiger partial charge in [0.05, 0.1) is 22.6 Å². The van der Waals surface area contributed by atoms with Crippen molar-refractivity contribution in [2.24, 2.45) is 0 Å². The lowest BCUT2D eigenvalue weighted by Crippen LogP contribution is -1.99. The topological polar surface area (TPSA) is 17.8 Å². The zero-order chi connectivity index (χ0) is 12.3. The minimum absolute atomic E-state index is 0.618. The normalized spacial score (nSPS) is 24.6. The van der Waals surface area contributed by atoms with E-state index in [1.807, 2.05) is 12.1 Å². The number of hydrogen-bond acceptors (Lipinski definition) is 1. The Labute approximate surface area is 116 Å². The fourth-order valence-corrected chi connectivity index (χ4v) is 3.71. The SMILES string of the molecule is Clc1ccc(-n2[c]c3c(n2)C2CCC3C2)c(Cl)c1. The average Bonchev–Trinajstić information content (AvgIpc) is 3.00. The van der Waals surface area contributed by atoms with Gasteiger partial charge >= 0.3 is 0 Å². The van der Waals surface area contributed by atoms with E-state index in [0.717, 1.165) is 5.69 Å². The smallest absolute Gasteiger partial charge is 0.0968 e. The number of aromatic nitrogens is 2. The predicted octanol–water partition coefficient (Wildman–Crippen LogP) is 4.34. The Balaban J connectivity index is 1.83. The molecular weight excluding hydrogens is 267 g/mol. The van der Waals surface area contributed by atoms with E-state index in [1.54, 1.807) is 10.7 Å². The van der Waals surface area contributed by atoms with Gasteiger partial charge in [-0.25, -0.2) is 4.68 Å². The largest absolute Gasteiger partial charge is 0.229 e. The second-order valence-electron chi connectivity index (χ2n) is 5.13. The van der Waals surface area contributed by atoms with Gasteiger partial charge in [0.1, 0.15) is 0 Å². The minimum atomic E-state index is 0.618. The number of halogens is 2. The Bertz CT molecular complexity index is 605. The summed E-state index contributed by atoms with van der Waals surface area (Å²) in [5.41, 5.74) is 3.39. The van der Waals surface area contributed by atoms with Gasteiger partial charge in [-0.2, -0.15) is 5.10 Å². The summed E-state index contributed by atoms with van der Waals surface area (Å²) in [5.74, 6) is 1.32. The van der Waals surface area contributed by atoms with Crippen LogP contribution in [0.4, 0.5) is 0 Å². The molecule has 1 radical (unpaired) electrons. The fourth-order valence-electron chi connectivity index (χ4n) is 3.22. The van der Waals surface area contributed by atoms with E-state index in [4.69, 9.17) is 23.2 Å². The van der Waals surface area contributed by atoms with Gasteiger partial charge < -0.3 is 0 Å². The number of fused-ring (bicyclic) bond motifs is 5. The third kappa shape index (κ3) is 1.45. The van der Waals surface area contributed by atoms with E-state index in [1.165, 1.54) is 30.5 Å². The van der Waals surface area contributed by atoms with Gasteiger partial charge in [0.2, 0.25) is 0 Å². The molecule has 1 aromatic carbocycles. The van der Waals surface area contributed by atoms with Crippen LogP contribution in [0.25, 0.3) is 5.69 Å². The maximum absolute atomic E-state index is 6.21. The number of hydrogen-bond donors (Lipinski definition) is 0. The first-order chi connectivity index (χ1) is 8.72. The Hall–Kier alpha value is -0.990. The summed E-state index contributed by atoms with van der Waals surface area (Å²) >= 11 is 12.1. The molecule has 2 aliphatic carbocycles. The molecule has 2 aromatic rings. The molecule has 1 fully saturated rings. The molecule has 2 atom stereocenters. The lowest BCUT2D eigenvalue weighted by atomic mass is 9.99. The van der Waals surface area contributed by atoms with Crippen LogP contribution < -0.4 is 0 Å². The van der Waals surface area contributed by atoms with Gasteiger partial charge in [-0.15, -0.1) is 0 Å². The molecule has 2 bridgehead atoms. The van der Waals surface area contributed by atoms with Crippen LogP contribution in [-0.4, -0.2) is 9.78 Å². The number of benzene rings is 1. The molecule has 0 N–H and O–H groups in total. The predicted molar refractivity (Wildman–Crippen MR) is 71.8 cm³/mol. The summed E-state index contributed by atoms with van der Waals surface area (Å²) in [6.07, 6.45) is 7.21. The third-order valence-corrected chi connectivity index (χ3v) is 4.61. The standard InChI is InChI=1S/C14H11Cl2N2/c15-10-3-4-13(12(16)6-10)18-7-11-8-1-2-9(5-8)14(11)17-18/h3-4,6,8-9H,1-2,5H2. The molecule has 1 saturated carbocycles. The Kier molecular flexibility index (Phi) is 2.27. The van der Waals surface area contributed by atoms with Crippen molar-refractivity contribution in [3.63, 3.8) is 0 Å². The van der Waals surface area contributed by atoms with Gasteiger partial charge in [-0.1, -0.05) is 23.2 Å². The highest BCUT2D eigenvalue weighted by Gasteiger charge is 2.40. The highest BCUT2D eigenvalue weighted by molar-refractivity contribution is 6.35. The van der Waals surface area contributed by atoms with Crippen molar-refractivity contribution < 1.29 is 0 Å². The first-order valence-electron chi connectivity index (χ1n) is 6.20. The molecule has 1 aromatic heterocycles. The van der Waals surface area contributed by atoms with Crippen LogP contribution in [-0.2, 0) is 0 Å². The maximum atomic E-state index is 6.21. The summed E-state index contributed by atoms with van der Waals surface area (Å²) in [7, 11) is 0. The lowest BCUT2D eigenvalue weighted by molar-refractivity contribution is 0.688. The summed E-state index contributed by atoms with van der Waals surface area (Å²) in [6.45, 7) is 0. The molecular formula is C14H11Cl2N2. The summed E-state index contributed by atoms with van der Waals surface area (Å²) in [4.78, 5) is 0. The first kappa shape index (κ1) is 10.9. The van der Waals surface area contributed by atoms with Crippen LogP contribution in [0.2, 0.25) is 10.0 Å². The molecule has 0 saturated heterocycles. The second kappa shape index (κ2) is 3.75. The number of nitrogens with zero attached hydrogens (tertiary/aromatic N) is 2. The molecule has 0 spiro atoms. The molecule has 2 nitrogen and oxygen atoms in total. The Morgan fingerprint density at radius 1 is 1.22 bits per heavy atom. The van der Waals surface area contributed by atoms with Crippen molar-refractivity contribution >= 4 is 23.2 Å². The summed E-state index contributed by atoms with van der Waals surface area (Å²) < 4.78 is 1.79. The highest BCUT2D eigenvalue weighted by atomic mass is 35.5. The van der Waals surface area contributed by atoms with Crippen molar-refractivity contribution in [1.29, 1.82) is 0 Å². The molecule has 1 heterocycles. The van der Waals surface area contributed by atoms with E-state index < -0.39 is 0 Å². The van der Waals surface area contributed by atoms with E-state index in [9.17, 15) is 0 Å². The van der Waals surface area contributed by atoms with Gasteiger partial charge in [0, 0.05) is 16.5 Å². The van der Waals surface area contributed by atoms with E-state index >= 15 is 0 Å². The van der Waals surface area contributed by atoms with E-state index in [0.29, 0.717) is 21.9 Å². The lowest BCUT2D eigenvalue weighted by Gasteiger charge is -2.06. The van der Waals surface area contributed by atoms with E-state index in [-0.39, 0.29) is 0 Å². The van der Waals surface area contributed by atoms with Crippen LogP contribution in [0.15, 0.2) is 18.2 Å². The molecule has 91 valence electrons. The van der Waals surface area contributed by atoms with Crippen LogP contribution >= 0.6 is 23.2 Å². The monoisotopic (exact) mass is 277 g/mol. The first-order valence-corrected chi connectivity index (χ1v) is 6.95. The van der Waals surface area contributed by atoms with Crippen molar-refractivity contribution in [2.75, 3.05) is 0 Å². The van der Waals surface area contributed by atoms with Gasteiger partial charge in [0.25, 0.3) is 0 Å². The molecule has 2 aliphatic rings. The number of rotatable bonds is 1. The van der Waals surface area contributed by atoms with Gasteiger partial charge in [-0.3, -0.25) is 0 Å². The van der Waals surface area contributed by atoms with Crippen LogP contribution in [0, 0.1) is 6.20 Å². The van der Waals surface area contributed by atoms with Gasteiger partial charge in [0.15, 0.2) is 0 Å². The van der Waals surface area contributed by atoms with Gasteiger partial charge in [-0.05, 0) is 43.4 Å².